The molecule has 0 bridgehead atoms. The average Bonchev–Trinajstić information content (AvgIpc) is 2.47. The van der Waals surface area contributed by atoms with Gasteiger partial charge in [0.2, 0.25) is 11.8 Å². The molecule has 2 rings (SSSR count). The maximum Gasteiger partial charge on any atom is 0.209 e. The number of hydrogen-bond donors (Lipinski definition) is 0. The minimum atomic E-state index is -0.104. The quantitative estimate of drug-likeness (QED) is 0.850. The topological polar surface area (TPSA) is 43.2 Å². The molecule has 0 unspecified atom stereocenters. The third-order valence-corrected chi connectivity index (χ3v) is 3.41. The van der Waals surface area contributed by atoms with Crippen molar-refractivity contribution in [2.24, 2.45) is 15.9 Å². The SMILES string of the molecule is COC1=N[C@H](Cc2ccccc2)C(OC)=N[C@H]1C(C)C. The average molecular weight is 274 g/mol. The van der Waals surface area contributed by atoms with E-state index in [1.165, 1.54) is 5.56 Å². The van der Waals surface area contributed by atoms with E-state index in [0.29, 0.717) is 17.7 Å². The molecule has 4 heteroatoms. The highest BCUT2D eigenvalue weighted by molar-refractivity contribution is 5.94. The normalized spacial score (nSPS) is 22.2. The molecule has 2 atom stereocenters. The van der Waals surface area contributed by atoms with Gasteiger partial charge in [0.25, 0.3) is 0 Å². The summed E-state index contributed by atoms with van der Waals surface area (Å²) in [4.78, 5) is 9.36. The Morgan fingerprint density at radius 2 is 1.65 bits per heavy atom. The second-order valence-electron chi connectivity index (χ2n) is 5.24. The molecule has 0 saturated carbocycles. The van der Waals surface area contributed by atoms with Crippen LogP contribution in [0.4, 0.5) is 0 Å². The summed E-state index contributed by atoms with van der Waals surface area (Å²) in [5, 5.41) is 0. The van der Waals surface area contributed by atoms with Crippen LogP contribution in [-0.2, 0) is 15.9 Å². The van der Waals surface area contributed by atoms with Crippen LogP contribution in [0.5, 0.6) is 0 Å². The molecule has 0 saturated heterocycles. The summed E-state index contributed by atoms with van der Waals surface area (Å²) in [7, 11) is 3.31. The van der Waals surface area contributed by atoms with Crippen LogP contribution < -0.4 is 0 Å². The van der Waals surface area contributed by atoms with Crippen molar-refractivity contribution in [2.45, 2.75) is 32.4 Å². The molecule has 0 fully saturated rings. The summed E-state index contributed by atoms with van der Waals surface area (Å²) in [6.45, 7) is 4.21. The van der Waals surface area contributed by atoms with Crippen molar-refractivity contribution in [1.82, 2.24) is 0 Å². The lowest BCUT2D eigenvalue weighted by Gasteiger charge is -2.27. The van der Waals surface area contributed by atoms with E-state index in [1.807, 2.05) is 18.2 Å². The Morgan fingerprint density at radius 3 is 2.20 bits per heavy atom. The molecule has 1 heterocycles. The molecular weight excluding hydrogens is 252 g/mol. The van der Waals surface area contributed by atoms with Crippen molar-refractivity contribution < 1.29 is 9.47 Å². The molecule has 1 aromatic rings. The van der Waals surface area contributed by atoms with E-state index in [4.69, 9.17) is 9.47 Å². The molecule has 0 aliphatic carbocycles. The van der Waals surface area contributed by atoms with E-state index >= 15 is 0 Å². The lowest BCUT2D eigenvalue weighted by atomic mass is 10.0. The number of ether oxygens (including phenoxy) is 2. The number of methoxy groups -OCH3 is 2. The van der Waals surface area contributed by atoms with E-state index in [-0.39, 0.29) is 12.1 Å². The van der Waals surface area contributed by atoms with Gasteiger partial charge < -0.3 is 9.47 Å². The predicted molar refractivity (Wildman–Crippen MR) is 81.4 cm³/mol. The molecule has 1 aliphatic heterocycles. The molecule has 1 aromatic carbocycles. The van der Waals surface area contributed by atoms with Crippen LogP contribution >= 0.6 is 0 Å². The van der Waals surface area contributed by atoms with Crippen molar-refractivity contribution >= 4 is 11.8 Å². The van der Waals surface area contributed by atoms with Crippen LogP contribution in [0.2, 0.25) is 0 Å². The fourth-order valence-electron chi connectivity index (χ4n) is 2.33. The van der Waals surface area contributed by atoms with Crippen molar-refractivity contribution in [1.29, 1.82) is 0 Å². The largest absolute Gasteiger partial charge is 0.483 e. The van der Waals surface area contributed by atoms with Gasteiger partial charge in [0.15, 0.2) is 0 Å². The number of nitrogens with zero attached hydrogens (tertiary/aromatic N) is 2. The first-order chi connectivity index (χ1) is 9.65. The zero-order chi connectivity index (χ0) is 14.5. The van der Waals surface area contributed by atoms with Crippen LogP contribution in [0.25, 0.3) is 0 Å². The second kappa shape index (κ2) is 6.55. The van der Waals surface area contributed by atoms with Gasteiger partial charge in [-0.2, -0.15) is 0 Å². The Kier molecular flexibility index (Phi) is 4.77. The van der Waals surface area contributed by atoms with E-state index in [2.05, 4.69) is 36.0 Å². The van der Waals surface area contributed by atoms with Gasteiger partial charge in [-0.3, -0.25) is 0 Å². The van der Waals surface area contributed by atoms with E-state index in [1.54, 1.807) is 14.2 Å². The third-order valence-electron chi connectivity index (χ3n) is 3.41. The van der Waals surface area contributed by atoms with Gasteiger partial charge in [-0.05, 0) is 11.5 Å². The molecule has 0 aromatic heterocycles. The van der Waals surface area contributed by atoms with Crippen molar-refractivity contribution in [3.05, 3.63) is 35.9 Å². The molecule has 0 amide bonds. The lowest BCUT2D eigenvalue weighted by molar-refractivity contribution is 0.332. The zero-order valence-electron chi connectivity index (χ0n) is 12.5. The van der Waals surface area contributed by atoms with Gasteiger partial charge >= 0.3 is 0 Å². The molecule has 0 spiro atoms. The van der Waals surface area contributed by atoms with Gasteiger partial charge in [0, 0.05) is 6.42 Å². The summed E-state index contributed by atoms with van der Waals surface area (Å²) in [6.07, 6.45) is 0.769. The molecule has 0 radical (unpaired) electrons. The lowest BCUT2D eigenvalue weighted by Crippen LogP contribution is -2.38. The number of aliphatic imine (C=N–C) groups is 2. The molecule has 108 valence electrons. The Balaban J connectivity index is 2.23. The Labute approximate surface area is 120 Å². The molecule has 4 nitrogen and oxygen atoms in total. The minimum Gasteiger partial charge on any atom is -0.483 e. The van der Waals surface area contributed by atoms with Gasteiger partial charge in [-0.25, -0.2) is 9.98 Å². The number of hydrogen-bond acceptors (Lipinski definition) is 4. The Bertz CT molecular complexity index is 494. The Hall–Kier alpha value is -1.84. The van der Waals surface area contributed by atoms with Crippen LogP contribution in [0.15, 0.2) is 40.3 Å². The van der Waals surface area contributed by atoms with Gasteiger partial charge in [-0.15, -0.1) is 0 Å². The monoisotopic (exact) mass is 274 g/mol. The van der Waals surface area contributed by atoms with Crippen LogP contribution in [-0.4, -0.2) is 38.1 Å². The fraction of sp³-hybridized carbons (Fsp3) is 0.500. The maximum absolute atomic E-state index is 5.44. The summed E-state index contributed by atoms with van der Waals surface area (Å²) in [5.41, 5.74) is 1.21. The fourth-order valence-corrected chi connectivity index (χ4v) is 2.33. The van der Waals surface area contributed by atoms with Crippen LogP contribution in [0.3, 0.4) is 0 Å². The van der Waals surface area contributed by atoms with Crippen molar-refractivity contribution in [3.8, 4) is 0 Å². The van der Waals surface area contributed by atoms with Crippen LogP contribution in [0, 0.1) is 5.92 Å². The summed E-state index contributed by atoms with van der Waals surface area (Å²) in [6, 6.07) is 10.1. The van der Waals surface area contributed by atoms with Gasteiger partial charge in [0.1, 0.15) is 12.1 Å². The number of rotatable bonds is 3. The van der Waals surface area contributed by atoms with Crippen LogP contribution in [0.1, 0.15) is 19.4 Å². The highest BCUT2D eigenvalue weighted by Crippen LogP contribution is 2.19. The van der Waals surface area contributed by atoms with E-state index < -0.39 is 0 Å². The minimum absolute atomic E-state index is 0.0537. The smallest absolute Gasteiger partial charge is 0.209 e. The van der Waals surface area contributed by atoms with E-state index in [9.17, 15) is 0 Å². The second-order valence-corrected chi connectivity index (χ2v) is 5.24. The predicted octanol–water partition coefficient (Wildman–Crippen LogP) is 2.73. The maximum atomic E-state index is 5.44. The Morgan fingerprint density at radius 1 is 1.00 bits per heavy atom. The highest BCUT2D eigenvalue weighted by Gasteiger charge is 2.30. The zero-order valence-corrected chi connectivity index (χ0v) is 12.5. The third kappa shape index (κ3) is 3.18. The van der Waals surface area contributed by atoms with E-state index in [0.717, 1.165) is 6.42 Å². The van der Waals surface area contributed by atoms with Crippen molar-refractivity contribution in [3.63, 3.8) is 0 Å². The number of benzene rings is 1. The highest BCUT2D eigenvalue weighted by atomic mass is 16.5. The summed E-state index contributed by atoms with van der Waals surface area (Å²) in [5.74, 6) is 1.71. The molecule has 1 aliphatic rings. The van der Waals surface area contributed by atoms with Crippen molar-refractivity contribution in [2.75, 3.05) is 14.2 Å². The molecule has 20 heavy (non-hydrogen) atoms. The molecule has 0 N–H and O–H groups in total. The first-order valence-corrected chi connectivity index (χ1v) is 6.93. The molecular formula is C16H22N2O2. The first kappa shape index (κ1) is 14.6. The first-order valence-electron chi connectivity index (χ1n) is 6.93. The van der Waals surface area contributed by atoms with Gasteiger partial charge in [-0.1, -0.05) is 44.2 Å². The standard InChI is InChI=1S/C16H22N2O2/c1-11(2)14-16(20-4)17-13(15(18-14)19-3)10-12-8-6-5-7-9-12/h5-9,11,13-14H,10H2,1-4H3/t13-,14+/m1/s1. The summed E-state index contributed by atoms with van der Waals surface area (Å²) >= 11 is 0. The van der Waals surface area contributed by atoms with Gasteiger partial charge in [0.05, 0.1) is 14.2 Å². The summed E-state index contributed by atoms with van der Waals surface area (Å²) < 4.78 is 10.8.